The maximum Gasteiger partial charge on any atom is 0.416 e. The normalized spacial score (nSPS) is 11.5. The van der Waals surface area contributed by atoms with Crippen molar-refractivity contribution in [1.29, 1.82) is 0 Å². The number of nitrogens with zero attached hydrogens (tertiary/aromatic N) is 4. The van der Waals surface area contributed by atoms with Crippen molar-refractivity contribution in [1.82, 2.24) is 14.8 Å². The second-order valence-corrected chi connectivity index (χ2v) is 3.30. The van der Waals surface area contributed by atoms with Crippen molar-refractivity contribution in [2.45, 2.75) is 6.18 Å². The zero-order chi connectivity index (χ0) is 13.3. The molecule has 0 aliphatic rings. The predicted octanol–water partition coefficient (Wildman–Crippen LogP) is 2.19. The molecule has 2 rings (SSSR count). The van der Waals surface area contributed by atoms with Crippen LogP contribution in [0.1, 0.15) is 5.56 Å². The molecular formula is C9H5F3N4O2. The van der Waals surface area contributed by atoms with Gasteiger partial charge in [0.05, 0.1) is 10.5 Å². The topological polar surface area (TPSA) is 73.8 Å². The molecule has 18 heavy (non-hydrogen) atoms. The zero-order valence-electron chi connectivity index (χ0n) is 8.63. The number of rotatable bonds is 2. The summed E-state index contributed by atoms with van der Waals surface area (Å²) in [6.45, 7) is 0. The molecule has 0 amide bonds. The smallest absolute Gasteiger partial charge is 0.258 e. The van der Waals surface area contributed by atoms with Gasteiger partial charge in [0.15, 0.2) is 0 Å². The molecule has 0 fully saturated rings. The van der Waals surface area contributed by atoms with Gasteiger partial charge in [-0.2, -0.15) is 18.3 Å². The summed E-state index contributed by atoms with van der Waals surface area (Å²) in [6, 6.07) is 2.10. The van der Waals surface area contributed by atoms with Crippen LogP contribution in [0, 0.1) is 10.1 Å². The lowest BCUT2D eigenvalue weighted by atomic mass is 10.1. The Hall–Kier alpha value is -2.45. The molecule has 0 aliphatic heterocycles. The highest BCUT2D eigenvalue weighted by Crippen LogP contribution is 2.33. The molecule has 0 saturated heterocycles. The molecule has 0 spiro atoms. The summed E-state index contributed by atoms with van der Waals surface area (Å²) < 4.78 is 38.5. The highest BCUT2D eigenvalue weighted by Gasteiger charge is 2.32. The number of halogens is 3. The molecule has 0 saturated carbocycles. The van der Waals surface area contributed by atoms with E-state index in [2.05, 4.69) is 10.1 Å². The van der Waals surface area contributed by atoms with Crippen LogP contribution in [0.4, 0.5) is 18.9 Å². The van der Waals surface area contributed by atoms with Crippen LogP contribution in [0.25, 0.3) is 5.69 Å². The van der Waals surface area contributed by atoms with E-state index in [1.807, 2.05) is 0 Å². The van der Waals surface area contributed by atoms with E-state index in [1.165, 1.54) is 0 Å². The summed E-state index contributed by atoms with van der Waals surface area (Å²) >= 11 is 0. The summed E-state index contributed by atoms with van der Waals surface area (Å²) in [7, 11) is 0. The van der Waals surface area contributed by atoms with Gasteiger partial charge >= 0.3 is 6.18 Å². The monoisotopic (exact) mass is 258 g/mol. The second kappa shape index (κ2) is 4.09. The maximum absolute atomic E-state index is 12.5. The molecule has 1 aromatic carbocycles. The Labute approximate surface area is 97.8 Å². The van der Waals surface area contributed by atoms with Crippen molar-refractivity contribution in [2.75, 3.05) is 0 Å². The Kier molecular flexibility index (Phi) is 2.73. The quantitative estimate of drug-likeness (QED) is 0.611. The second-order valence-electron chi connectivity index (χ2n) is 3.30. The van der Waals surface area contributed by atoms with Gasteiger partial charge in [0.25, 0.3) is 5.69 Å². The highest BCUT2D eigenvalue weighted by atomic mass is 19.4. The van der Waals surface area contributed by atoms with E-state index in [0.29, 0.717) is 12.1 Å². The molecule has 0 unspecified atom stereocenters. The molecule has 2 aromatic rings. The van der Waals surface area contributed by atoms with Crippen LogP contribution in [0.15, 0.2) is 30.9 Å². The van der Waals surface area contributed by atoms with E-state index in [9.17, 15) is 23.3 Å². The van der Waals surface area contributed by atoms with Crippen molar-refractivity contribution in [3.8, 4) is 5.69 Å². The Morgan fingerprint density at radius 1 is 1.33 bits per heavy atom. The fourth-order valence-electron chi connectivity index (χ4n) is 1.37. The van der Waals surface area contributed by atoms with Crippen LogP contribution in [-0.2, 0) is 6.18 Å². The predicted molar refractivity (Wildman–Crippen MR) is 53.0 cm³/mol. The molecule has 0 aliphatic carbocycles. The number of hydrogen-bond donors (Lipinski definition) is 0. The van der Waals surface area contributed by atoms with Crippen molar-refractivity contribution in [3.63, 3.8) is 0 Å². The first-order chi connectivity index (χ1) is 8.39. The summed E-state index contributed by atoms with van der Waals surface area (Å²) in [5.74, 6) is 0. The van der Waals surface area contributed by atoms with Gasteiger partial charge in [0.1, 0.15) is 18.3 Å². The van der Waals surface area contributed by atoms with E-state index in [4.69, 9.17) is 0 Å². The Morgan fingerprint density at radius 3 is 2.56 bits per heavy atom. The molecule has 0 bridgehead atoms. The molecular weight excluding hydrogens is 253 g/mol. The lowest BCUT2D eigenvalue weighted by Crippen LogP contribution is -2.08. The fourth-order valence-corrected chi connectivity index (χ4v) is 1.37. The molecule has 1 aromatic heterocycles. The molecule has 0 N–H and O–H groups in total. The SMILES string of the molecule is O=[N+]([O-])c1ccc(C(F)(F)F)cc1-n1cncn1. The molecule has 6 nitrogen and oxygen atoms in total. The summed E-state index contributed by atoms with van der Waals surface area (Å²) in [5.41, 5.74) is -1.75. The van der Waals surface area contributed by atoms with Crippen LogP contribution < -0.4 is 0 Å². The van der Waals surface area contributed by atoms with E-state index in [-0.39, 0.29) is 5.69 Å². The average molecular weight is 258 g/mol. The third-order valence-corrected chi connectivity index (χ3v) is 2.17. The maximum atomic E-state index is 12.5. The van der Waals surface area contributed by atoms with Crippen LogP contribution in [0.5, 0.6) is 0 Å². The van der Waals surface area contributed by atoms with Gasteiger partial charge in [-0.15, -0.1) is 0 Å². The van der Waals surface area contributed by atoms with E-state index >= 15 is 0 Å². The third kappa shape index (κ3) is 2.14. The van der Waals surface area contributed by atoms with Gasteiger partial charge < -0.3 is 0 Å². The number of alkyl halides is 3. The molecule has 1 heterocycles. The Balaban J connectivity index is 2.63. The van der Waals surface area contributed by atoms with Gasteiger partial charge in [0.2, 0.25) is 0 Å². The largest absolute Gasteiger partial charge is 0.416 e. The van der Waals surface area contributed by atoms with Gasteiger partial charge in [-0.05, 0) is 12.1 Å². The van der Waals surface area contributed by atoms with E-state index in [0.717, 1.165) is 23.4 Å². The Bertz CT molecular complexity index is 580. The minimum Gasteiger partial charge on any atom is -0.258 e. The van der Waals surface area contributed by atoms with Crippen LogP contribution in [0.2, 0.25) is 0 Å². The minimum absolute atomic E-state index is 0.285. The number of nitro benzene ring substituents is 1. The number of benzene rings is 1. The minimum atomic E-state index is -4.58. The number of nitro groups is 1. The Morgan fingerprint density at radius 2 is 2.06 bits per heavy atom. The van der Waals surface area contributed by atoms with Gasteiger partial charge in [-0.1, -0.05) is 0 Å². The zero-order valence-corrected chi connectivity index (χ0v) is 8.63. The summed E-state index contributed by atoms with van der Waals surface area (Å²) in [4.78, 5) is 13.5. The van der Waals surface area contributed by atoms with Gasteiger partial charge in [-0.25, -0.2) is 9.67 Å². The summed E-state index contributed by atoms with van der Waals surface area (Å²) in [5, 5.41) is 14.3. The lowest BCUT2D eigenvalue weighted by Gasteiger charge is -2.08. The van der Waals surface area contributed by atoms with Crippen molar-refractivity contribution < 1.29 is 18.1 Å². The van der Waals surface area contributed by atoms with Crippen molar-refractivity contribution in [3.05, 3.63) is 46.5 Å². The van der Waals surface area contributed by atoms with Gasteiger partial charge in [-0.3, -0.25) is 10.1 Å². The standard InChI is InChI=1S/C9H5F3N4O2/c10-9(11,12)6-1-2-7(16(17)18)8(3-6)15-5-13-4-14-15/h1-5H. The molecule has 94 valence electrons. The molecule has 9 heteroatoms. The summed E-state index contributed by atoms with van der Waals surface area (Å²) in [6.07, 6.45) is -2.42. The third-order valence-electron chi connectivity index (χ3n) is 2.17. The van der Waals surface area contributed by atoms with Crippen LogP contribution >= 0.6 is 0 Å². The first kappa shape index (κ1) is 12.0. The highest BCUT2D eigenvalue weighted by molar-refractivity contribution is 5.54. The number of hydrogen-bond acceptors (Lipinski definition) is 4. The lowest BCUT2D eigenvalue weighted by molar-refractivity contribution is -0.384. The van der Waals surface area contributed by atoms with E-state index < -0.39 is 22.4 Å². The first-order valence-corrected chi connectivity index (χ1v) is 4.60. The fraction of sp³-hybridized carbons (Fsp3) is 0.111. The van der Waals surface area contributed by atoms with Crippen LogP contribution in [-0.4, -0.2) is 19.7 Å². The number of aromatic nitrogens is 3. The van der Waals surface area contributed by atoms with Crippen molar-refractivity contribution in [2.24, 2.45) is 0 Å². The van der Waals surface area contributed by atoms with E-state index in [1.54, 1.807) is 0 Å². The van der Waals surface area contributed by atoms with Crippen molar-refractivity contribution >= 4 is 5.69 Å². The molecule has 0 radical (unpaired) electrons. The molecule has 0 atom stereocenters. The van der Waals surface area contributed by atoms with Gasteiger partial charge in [0, 0.05) is 6.07 Å². The first-order valence-electron chi connectivity index (χ1n) is 4.60. The average Bonchev–Trinajstić information content (AvgIpc) is 2.80. The van der Waals surface area contributed by atoms with Crippen LogP contribution in [0.3, 0.4) is 0 Å².